The standard InChI is InChI=1S/C30H35N7O6S/c1-5-43-27-20-31-19-24(34-27)22-8-11-26(33-18-22)36-28(38)30(2,14-17-41-3)25-12-15-32-29(35-25)37(44(39)40)16-13-21-6-9-23(42-4)10-7-21/h6-12,15,18-20H,5,13-14,16-17H2,1-4H3,(H,39,40)(H,33,36,38). The van der Waals surface area contributed by atoms with Crippen molar-refractivity contribution in [1.82, 2.24) is 24.9 Å². The van der Waals surface area contributed by atoms with E-state index in [4.69, 9.17) is 14.2 Å². The summed E-state index contributed by atoms with van der Waals surface area (Å²) in [5.41, 5.74) is 1.39. The summed E-state index contributed by atoms with van der Waals surface area (Å²) in [6.07, 6.45) is 6.92. The molecule has 0 radical (unpaired) electrons. The van der Waals surface area contributed by atoms with Gasteiger partial charge in [-0.2, -0.15) is 0 Å². The Morgan fingerprint density at radius 2 is 1.84 bits per heavy atom. The lowest BCUT2D eigenvalue weighted by Crippen LogP contribution is -2.40. The predicted molar refractivity (Wildman–Crippen MR) is 166 cm³/mol. The summed E-state index contributed by atoms with van der Waals surface area (Å²) in [7, 11) is 3.13. The van der Waals surface area contributed by atoms with Gasteiger partial charge in [-0.15, -0.1) is 0 Å². The summed E-state index contributed by atoms with van der Waals surface area (Å²) in [4.78, 5) is 35.5. The zero-order chi connectivity index (χ0) is 31.5. The number of methoxy groups -OCH3 is 2. The maximum Gasteiger partial charge on any atom is 0.264 e. The lowest BCUT2D eigenvalue weighted by atomic mass is 9.82. The Morgan fingerprint density at radius 3 is 2.50 bits per heavy atom. The molecule has 44 heavy (non-hydrogen) atoms. The molecule has 2 N–H and O–H groups in total. The SMILES string of the molecule is CCOc1cncc(-c2ccc(NC(=O)C(C)(CCOC)c3ccnc(N(CCc4ccc(OC)cc4)S(=O)O)n3)nc2)n1. The molecule has 0 fully saturated rings. The van der Waals surface area contributed by atoms with E-state index in [1.807, 2.05) is 31.2 Å². The smallest absolute Gasteiger partial charge is 0.264 e. The largest absolute Gasteiger partial charge is 0.497 e. The fourth-order valence-electron chi connectivity index (χ4n) is 4.29. The molecular weight excluding hydrogens is 586 g/mol. The highest BCUT2D eigenvalue weighted by Crippen LogP contribution is 2.30. The van der Waals surface area contributed by atoms with E-state index in [0.29, 0.717) is 47.4 Å². The monoisotopic (exact) mass is 621 g/mol. The number of carbonyl (C=O) groups is 1. The highest BCUT2D eigenvalue weighted by Gasteiger charge is 2.37. The molecule has 14 heteroatoms. The molecule has 2 atom stereocenters. The van der Waals surface area contributed by atoms with Crippen molar-refractivity contribution in [3.05, 3.63) is 78.5 Å². The molecule has 0 spiro atoms. The van der Waals surface area contributed by atoms with Gasteiger partial charge in [-0.05, 0) is 62.6 Å². The predicted octanol–water partition coefficient (Wildman–Crippen LogP) is 3.85. The van der Waals surface area contributed by atoms with Crippen molar-refractivity contribution in [3.8, 4) is 22.9 Å². The summed E-state index contributed by atoms with van der Waals surface area (Å²) in [5, 5.41) is 2.87. The van der Waals surface area contributed by atoms with Gasteiger partial charge in [-0.3, -0.25) is 14.3 Å². The van der Waals surface area contributed by atoms with Crippen LogP contribution in [0.4, 0.5) is 11.8 Å². The lowest BCUT2D eigenvalue weighted by molar-refractivity contribution is -0.121. The van der Waals surface area contributed by atoms with Crippen LogP contribution in [-0.2, 0) is 32.6 Å². The van der Waals surface area contributed by atoms with Crippen LogP contribution in [0.5, 0.6) is 11.6 Å². The van der Waals surface area contributed by atoms with Crippen molar-refractivity contribution >= 4 is 28.9 Å². The van der Waals surface area contributed by atoms with E-state index in [2.05, 4.69) is 30.2 Å². The maximum atomic E-state index is 13.8. The van der Waals surface area contributed by atoms with E-state index in [-0.39, 0.29) is 31.4 Å². The van der Waals surface area contributed by atoms with Crippen LogP contribution in [0.1, 0.15) is 31.5 Å². The molecule has 3 aromatic heterocycles. The van der Waals surface area contributed by atoms with E-state index in [0.717, 1.165) is 5.56 Å². The number of nitrogens with one attached hydrogen (secondary N) is 1. The van der Waals surface area contributed by atoms with Gasteiger partial charge in [0.1, 0.15) is 11.6 Å². The fourth-order valence-corrected chi connectivity index (χ4v) is 4.76. The lowest BCUT2D eigenvalue weighted by Gasteiger charge is -2.28. The first-order chi connectivity index (χ1) is 21.3. The van der Waals surface area contributed by atoms with Crippen molar-refractivity contribution in [3.63, 3.8) is 0 Å². The number of hydrogen-bond donors (Lipinski definition) is 2. The second-order valence-electron chi connectivity index (χ2n) is 9.81. The molecule has 0 saturated carbocycles. The van der Waals surface area contributed by atoms with Crippen LogP contribution in [0.15, 0.2) is 67.3 Å². The minimum Gasteiger partial charge on any atom is -0.497 e. The molecule has 3 heterocycles. The molecule has 2 unspecified atom stereocenters. The number of amides is 1. The van der Waals surface area contributed by atoms with Crippen LogP contribution in [0.3, 0.4) is 0 Å². The van der Waals surface area contributed by atoms with Crippen LogP contribution < -0.4 is 19.1 Å². The number of pyridine rings is 1. The zero-order valence-electron chi connectivity index (χ0n) is 25.0. The van der Waals surface area contributed by atoms with Gasteiger partial charge in [0.2, 0.25) is 17.7 Å². The van der Waals surface area contributed by atoms with Gasteiger partial charge >= 0.3 is 0 Å². The summed E-state index contributed by atoms with van der Waals surface area (Å²) in [6, 6.07) is 12.5. The molecule has 232 valence electrons. The van der Waals surface area contributed by atoms with E-state index in [9.17, 15) is 13.6 Å². The van der Waals surface area contributed by atoms with Gasteiger partial charge in [0.05, 0.1) is 42.9 Å². The molecule has 0 bridgehead atoms. The number of anilines is 2. The Labute approximate surface area is 258 Å². The molecule has 0 aliphatic carbocycles. The van der Waals surface area contributed by atoms with Gasteiger partial charge in [-0.25, -0.2) is 28.5 Å². The van der Waals surface area contributed by atoms with Gasteiger partial charge in [0.15, 0.2) is 0 Å². The Bertz CT molecular complexity index is 1560. The van der Waals surface area contributed by atoms with Gasteiger partial charge in [0.25, 0.3) is 11.3 Å². The first-order valence-electron chi connectivity index (χ1n) is 13.8. The van der Waals surface area contributed by atoms with Crippen molar-refractivity contribution in [2.24, 2.45) is 0 Å². The van der Waals surface area contributed by atoms with E-state index in [1.165, 1.54) is 16.7 Å². The van der Waals surface area contributed by atoms with Crippen molar-refractivity contribution in [1.29, 1.82) is 0 Å². The molecule has 4 aromatic rings. The Morgan fingerprint density at radius 1 is 1.05 bits per heavy atom. The summed E-state index contributed by atoms with van der Waals surface area (Å²) < 4.78 is 39.5. The minimum atomic E-state index is -2.41. The second-order valence-corrected chi connectivity index (χ2v) is 10.7. The van der Waals surface area contributed by atoms with Gasteiger partial charge in [0, 0.05) is 38.2 Å². The number of carbonyl (C=O) groups excluding carboxylic acids is 1. The quantitative estimate of drug-likeness (QED) is 0.185. The summed E-state index contributed by atoms with van der Waals surface area (Å²) >= 11 is -2.41. The van der Waals surface area contributed by atoms with Crippen molar-refractivity contribution in [2.75, 3.05) is 43.6 Å². The zero-order valence-corrected chi connectivity index (χ0v) is 25.8. The van der Waals surface area contributed by atoms with Gasteiger partial charge < -0.3 is 19.5 Å². The normalized spacial score (nSPS) is 13.0. The highest BCUT2D eigenvalue weighted by atomic mass is 32.2. The van der Waals surface area contributed by atoms with E-state index in [1.54, 1.807) is 51.7 Å². The number of hydrogen-bond acceptors (Lipinski definition) is 10. The van der Waals surface area contributed by atoms with Crippen molar-refractivity contribution < 1.29 is 27.8 Å². The molecular formula is C30H35N7O6S. The van der Waals surface area contributed by atoms with Crippen LogP contribution in [0, 0.1) is 0 Å². The van der Waals surface area contributed by atoms with Crippen LogP contribution in [0.2, 0.25) is 0 Å². The first kappa shape index (κ1) is 32.4. The molecule has 0 aliphatic rings. The molecule has 0 aliphatic heterocycles. The average molecular weight is 622 g/mol. The van der Waals surface area contributed by atoms with Crippen molar-refractivity contribution in [2.45, 2.75) is 32.1 Å². The average Bonchev–Trinajstić information content (AvgIpc) is 3.04. The third-order valence-electron chi connectivity index (χ3n) is 6.90. The minimum absolute atomic E-state index is 0.0196. The number of benzene rings is 1. The molecule has 0 saturated heterocycles. The Balaban J connectivity index is 1.54. The number of nitrogens with zero attached hydrogens (tertiary/aromatic N) is 6. The summed E-state index contributed by atoms with van der Waals surface area (Å²) in [6.45, 7) is 4.49. The third-order valence-corrected chi connectivity index (χ3v) is 7.62. The number of ether oxygens (including phenoxy) is 3. The topological polar surface area (TPSA) is 162 Å². The highest BCUT2D eigenvalue weighted by molar-refractivity contribution is 7.80. The molecule has 1 aromatic carbocycles. The Kier molecular flexibility index (Phi) is 11.2. The van der Waals surface area contributed by atoms with Crippen LogP contribution in [-0.4, -0.2) is 73.6 Å². The first-order valence-corrected chi connectivity index (χ1v) is 14.9. The van der Waals surface area contributed by atoms with Crippen LogP contribution in [0.25, 0.3) is 11.3 Å². The molecule has 13 nitrogen and oxygen atoms in total. The third kappa shape index (κ3) is 8.09. The van der Waals surface area contributed by atoms with Gasteiger partial charge in [-0.1, -0.05) is 12.1 Å². The maximum absolute atomic E-state index is 13.8. The molecule has 1 amide bonds. The number of aromatic nitrogens is 5. The molecule has 4 rings (SSSR count). The number of rotatable bonds is 15. The van der Waals surface area contributed by atoms with E-state index < -0.39 is 16.7 Å². The second kappa shape index (κ2) is 15.3. The van der Waals surface area contributed by atoms with E-state index >= 15 is 0 Å². The Hall–Kier alpha value is -4.53. The van der Waals surface area contributed by atoms with Crippen LogP contribution >= 0.6 is 0 Å². The fraction of sp³-hybridized carbons (Fsp3) is 0.333. The summed E-state index contributed by atoms with van der Waals surface area (Å²) in [5.74, 6) is 1.08.